The second-order valence-electron chi connectivity index (χ2n) is 11.4. The third kappa shape index (κ3) is 7.43. The Morgan fingerprint density at radius 3 is 1.82 bits per heavy atom. The average Bonchev–Trinajstić information content (AvgIpc) is 2.89. The van der Waals surface area contributed by atoms with E-state index in [4.69, 9.17) is 0 Å². The first-order valence-corrected chi connectivity index (χ1v) is 15.6. The third-order valence-corrected chi connectivity index (χ3v) is 10.2. The number of rotatable bonds is 10. The molecule has 0 amide bonds. The van der Waals surface area contributed by atoms with Crippen molar-refractivity contribution in [2.24, 2.45) is 5.92 Å². The second kappa shape index (κ2) is 14.1. The highest BCUT2D eigenvalue weighted by atomic mass is 32.2. The molecule has 0 nitrogen and oxygen atoms in total. The number of hydrogen-bond donors (Lipinski definition) is 0. The lowest BCUT2D eigenvalue weighted by molar-refractivity contribution is 0.403. The molecule has 0 saturated heterocycles. The van der Waals surface area contributed by atoms with Crippen LogP contribution in [0, 0.1) is 5.92 Å². The molecule has 0 atom stereocenters. The number of allylic oxidation sites excluding steroid dienone is 2. The molecule has 0 unspecified atom stereocenters. The Kier molecular flexibility index (Phi) is 10.9. The quantitative estimate of drug-likeness (QED) is 0.188. The lowest BCUT2D eigenvalue weighted by atomic mass is 9.25. The topological polar surface area (TPSA) is 0 Å². The van der Waals surface area contributed by atoms with Gasteiger partial charge in [-0.15, -0.1) is 0 Å². The summed E-state index contributed by atoms with van der Waals surface area (Å²) in [5.41, 5.74) is 2.01. The van der Waals surface area contributed by atoms with Crippen LogP contribution in [0.5, 0.6) is 0 Å². The smallest absolute Gasteiger partial charge is 0.0954 e. The maximum absolute atomic E-state index is 2.36. The third-order valence-electron chi connectivity index (χ3n) is 9.03. The molecule has 33 heavy (non-hydrogen) atoms. The van der Waals surface area contributed by atoms with Crippen LogP contribution in [0.15, 0.2) is 45.6 Å². The average molecular weight is 465 g/mol. The monoisotopic (exact) mass is 464 g/mol. The van der Waals surface area contributed by atoms with Crippen molar-refractivity contribution in [1.82, 2.24) is 0 Å². The summed E-state index contributed by atoms with van der Waals surface area (Å²) >= 11 is 2.18. The van der Waals surface area contributed by atoms with Crippen molar-refractivity contribution < 1.29 is 0 Å². The van der Waals surface area contributed by atoms with Crippen LogP contribution in [-0.2, 0) is 0 Å². The lowest BCUT2D eigenvalue weighted by Crippen LogP contribution is -2.36. The predicted octanol–water partition coefficient (Wildman–Crippen LogP) is 10.9. The number of hydrogen-bond acceptors (Lipinski definition) is 1. The summed E-state index contributed by atoms with van der Waals surface area (Å²) < 4.78 is 0. The molecule has 0 radical (unpaired) electrons. The van der Waals surface area contributed by atoms with Gasteiger partial charge in [0.05, 0.1) is 0 Å². The summed E-state index contributed by atoms with van der Waals surface area (Å²) in [6.07, 6.45) is 27.7. The van der Waals surface area contributed by atoms with Gasteiger partial charge in [-0.2, -0.15) is 0 Å². The van der Waals surface area contributed by atoms with Crippen molar-refractivity contribution in [2.45, 2.75) is 145 Å². The minimum atomic E-state index is 0.875. The van der Waals surface area contributed by atoms with Crippen LogP contribution in [0.4, 0.5) is 0 Å². The highest BCUT2D eigenvalue weighted by Crippen LogP contribution is 2.50. The predicted molar refractivity (Wildman–Crippen MR) is 149 cm³/mol. The lowest BCUT2D eigenvalue weighted by Gasteiger charge is -2.41. The van der Waals surface area contributed by atoms with Gasteiger partial charge >= 0.3 is 0 Å². The van der Waals surface area contributed by atoms with E-state index in [2.05, 4.69) is 49.0 Å². The van der Waals surface area contributed by atoms with Gasteiger partial charge < -0.3 is 0 Å². The first kappa shape index (κ1) is 25.5. The van der Waals surface area contributed by atoms with Crippen LogP contribution < -0.4 is 0 Å². The van der Waals surface area contributed by atoms with Crippen LogP contribution in [-0.4, -0.2) is 6.71 Å². The van der Waals surface area contributed by atoms with E-state index in [1.807, 2.05) is 10.4 Å². The molecule has 0 aromatic heterocycles. The van der Waals surface area contributed by atoms with Gasteiger partial charge in [-0.3, -0.25) is 0 Å². The van der Waals surface area contributed by atoms with Crippen LogP contribution >= 0.6 is 11.8 Å². The van der Waals surface area contributed by atoms with Crippen molar-refractivity contribution in [2.75, 3.05) is 0 Å². The molecule has 0 spiro atoms. The molecule has 1 aromatic carbocycles. The van der Waals surface area contributed by atoms with Crippen molar-refractivity contribution >= 4 is 18.5 Å². The molecule has 4 rings (SSSR count). The molecule has 0 heterocycles. The molecule has 3 saturated carbocycles. The minimum Gasteiger partial charge on any atom is -0.0954 e. The van der Waals surface area contributed by atoms with Crippen LogP contribution in [0.3, 0.4) is 0 Å². The minimum absolute atomic E-state index is 0.875. The van der Waals surface area contributed by atoms with Crippen molar-refractivity contribution in [1.29, 1.82) is 0 Å². The Hall–Kier alpha value is -0.625. The summed E-state index contributed by atoms with van der Waals surface area (Å²) in [5.74, 6) is 2.81. The SMILES string of the molecule is CCCCC/C(Sc1ccccc1)=C(/B(C1CCCCC1)C1CCCCC1)C1CCCCC1. The zero-order valence-electron chi connectivity index (χ0n) is 21.5. The van der Waals surface area contributed by atoms with Gasteiger partial charge in [-0.05, 0) is 48.6 Å². The fourth-order valence-corrected chi connectivity index (χ4v) is 8.64. The van der Waals surface area contributed by atoms with E-state index < -0.39 is 0 Å². The van der Waals surface area contributed by atoms with Crippen molar-refractivity contribution in [3.8, 4) is 0 Å². The van der Waals surface area contributed by atoms with Crippen molar-refractivity contribution in [3.63, 3.8) is 0 Å². The molecular weight excluding hydrogens is 415 g/mol. The van der Waals surface area contributed by atoms with Gasteiger partial charge in [-0.25, -0.2) is 0 Å². The Labute approximate surface area is 210 Å². The van der Waals surface area contributed by atoms with E-state index in [0.717, 1.165) is 24.3 Å². The highest BCUT2D eigenvalue weighted by molar-refractivity contribution is 8.03. The zero-order chi connectivity index (χ0) is 22.7. The normalized spacial score (nSPS) is 22.2. The van der Waals surface area contributed by atoms with Gasteiger partial charge in [0, 0.05) is 4.90 Å². The molecule has 3 fully saturated rings. The zero-order valence-corrected chi connectivity index (χ0v) is 22.4. The number of thioether (sulfide) groups is 1. The molecule has 0 N–H and O–H groups in total. The number of unbranched alkanes of at least 4 members (excludes halogenated alkanes) is 2. The maximum Gasteiger partial charge on any atom is 0.178 e. The van der Waals surface area contributed by atoms with E-state index in [1.54, 1.807) is 0 Å². The van der Waals surface area contributed by atoms with E-state index in [1.165, 1.54) is 127 Å². The highest BCUT2D eigenvalue weighted by Gasteiger charge is 2.41. The van der Waals surface area contributed by atoms with E-state index >= 15 is 0 Å². The summed E-state index contributed by atoms with van der Waals surface area (Å²) in [4.78, 5) is 3.30. The second-order valence-corrected chi connectivity index (χ2v) is 12.6. The molecule has 0 aliphatic heterocycles. The van der Waals surface area contributed by atoms with Gasteiger partial charge in [0.25, 0.3) is 0 Å². The molecule has 3 aliphatic rings. The number of benzene rings is 1. The Morgan fingerprint density at radius 2 is 1.27 bits per heavy atom. The summed E-state index contributed by atoms with van der Waals surface area (Å²) in [5, 5.41) is 0. The van der Waals surface area contributed by atoms with Gasteiger partial charge in [0.1, 0.15) is 0 Å². The molecule has 182 valence electrons. The fourth-order valence-electron chi connectivity index (χ4n) is 7.40. The fraction of sp³-hybridized carbons (Fsp3) is 0.742. The van der Waals surface area contributed by atoms with Gasteiger partial charge in [0.15, 0.2) is 6.71 Å². The molecule has 1 aromatic rings. The summed E-state index contributed by atoms with van der Waals surface area (Å²) in [7, 11) is 0. The first-order chi connectivity index (χ1) is 16.4. The van der Waals surface area contributed by atoms with E-state index in [-0.39, 0.29) is 0 Å². The summed E-state index contributed by atoms with van der Waals surface area (Å²) in [6, 6.07) is 11.4. The first-order valence-electron chi connectivity index (χ1n) is 14.8. The van der Waals surface area contributed by atoms with E-state index in [0.29, 0.717) is 0 Å². The van der Waals surface area contributed by atoms with Crippen LogP contribution in [0.1, 0.15) is 129 Å². The molecule has 3 aliphatic carbocycles. The molecule has 2 heteroatoms. The molecule has 0 bridgehead atoms. The largest absolute Gasteiger partial charge is 0.178 e. The summed E-state index contributed by atoms with van der Waals surface area (Å²) in [6.45, 7) is 3.25. The standard InChI is InChI=1S/C31H49BS/c1-2-3-8-25-30(33-29-23-15-7-16-24-29)31(26-17-9-4-10-18-26)32(27-19-11-5-12-20-27)28-21-13-6-14-22-28/h7,15-16,23-24,26-28H,2-6,8-14,17-22,25H2,1H3/b31-30-. The Bertz CT molecular complexity index is 675. The van der Waals surface area contributed by atoms with Crippen LogP contribution in [0.25, 0.3) is 0 Å². The van der Waals surface area contributed by atoms with Gasteiger partial charge in [0.2, 0.25) is 0 Å². The van der Waals surface area contributed by atoms with Gasteiger partial charge in [-0.1, -0.05) is 150 Å². The Balaban J connectivity index is 1.75. The molecular formula is C31H49BS. The van der Waals surface area contributed by atoms with E-state index in [9.17, 15) is 0 Å². The van der Waals surface area contributed by atoms with Crippen LogP contribution in [0.2, 0.25) is 11.6 Å². The maximum atomic E-state index is 2.36. The Morgan fingerprint density at radius 1 is 0.727 bits per heavy atom. The van der Waals surface area contributed by atoms with Crippen molar-refractivity contribution in [3.05, 3.63) is 40.7 Å².